The maximum absolute atomic E-state index is 10.0. The molecule has 1 heteroatoms. The van der Waals surface area contributed by atoms with Gasteiger partial charge in [-0.05, 0) is 11.3 Å². The maximum atomic E-state index is 10.0. The zero-order chi connectivity index (χ0) is 10.1. The fraction of sp³-hybridized carbons (Fsp3) is 0.667. The molecule has 0 radical (unpaired) electrons. The van der Waals surface area contributed by atoms with Gasteiger partial charge in [-0.3, -0.25) is 0 Å². The van der Waals surface area contributed by atoms with Crippen LogP contribution < -0.4 is 0 Å². The third-order valence-corrected chi connectivity index (χ3v) is 2.87. The van der Waals surface area contributed by atoms with E-state index in [4.69, 9.17) is 0 Å². The molecule has 13 heavy (non-hydrogen) atoms. The molecule has 0 fully saturated rings. The average Bonchev–Trinajstić information content (AvgIpc) is 2.02. The van der Waals surface area contributed by atoms with E-state index in [1.54, 1.807) is 0 Å². The van der Waals surface area contributed by atoms with Gasteiger partial charge in [-0.15, -0.1) is 0 Å². The summed E-state index contributed by atoms with van der Waals surface area (Å²) in [5, 5.41) is 10.0. The summed E-state index contributed by atoms with van der Waals surface area (Å²) in [5.74, 6) is 0.568. The van der Waals surface area contributed by atoms with Crippen LogP contribution in [0.1, 0.15) is 27.7 Å². The Balaban J connectivity index is 2.80. The highest BCUT2D eigenvalue weighted by Crippen LogP contribution is 2.36. The lowest BCUT2D eigenvalue weighted by Gasteiger charge is -2.36. The molecule has 0 aliphatic heterocycles. The van der Waals surface area contributed by atoms with E-state index in [-0.39, 0.29) is 17.4 Å². The monoisotopic (exact) mass is 180 g/mol. The van der Waals surface area contributed by atoms with Gasteiger partial charge in [-0.2, -0.15) is 0 Å². The highest BCUT2D eigenvalue weighted by molar-refractivity contribution is 5.19. The Morgan fingerprint density at radius 3 is 2.31 bits per heavy atom. The van der Waals surface area contributed by atoms with E-state index in [1.165, 1.54) is 0 Å². The first kappa shape index (κ1) is 10.5. The van der Waals surface area contributed by atoms with Crippen LogP contribution in [0.15, 0.2) is 24.3 Å². The van der Waals surface area contributed by atoms with Gasteiger partial charge in [0.05, 0.1) is 6.10 Å². The molecule has 74 valence electrons. The molecule has 0 saturated heterocycles. The lowest BCUT2D eigenvalue weighted by Crippen LogP contribution is -2.35. The minimum atomic E-state index is -0.240. The lowest BCUT2D eigenvalue weighted by molar-refractivity contribution is 0.0447. The maximum Gasteiger partial charge on any atom is 0.0633 e. The largest absolute Gasteiger partial charge is 0.392 e. The van der Waals surface area contributed by atoms with Crippen molar-refractivity contribution in [3.8, 4) is 0 Å². The molecular formula is C12H20O. The molecule has 0 bridgehead atoms. The van der Waals surface area contributed by atoms with Crippen LogP contribution in [-0.2, 0) is 0 Å². The minimum Gasteiger partial charge on any atom is -0.392 e. The number of aliphatic hydroxyl groups is 1. The fourth-order valence-corrected chi connectivity index (χ4v) is 1.82. The Labute approximate surface area is 81.2 Å². The standard InChI is InChI=1S/C12H20O/c1-9(2)11(13)10-7-5-6-8-12(10,3)4/h5-11,13H,1-4H3. The van der Waals surface area contributed by atoms with Gasteiger partial charge < -0.3 is 5.11 Å². The lowest BCUT2D eigenvalue weighted by atomic mass is 9.71. The van der Waals surface area contributed by atoms with Gasteiger partial charge in [-0.1, -0.05) is 52.0 Å². The van der Waals surface area contributed by atoms with Crippen molar-refractivity contribution in [3.05, 3.63) is 24.3 Å². The molecule has 1 aliphatic rings. The average molecular weight is 180 g/mol. The molecular weight excluding hydrogens is 160 g/mol. The molecule has 0 saturated carbocycles. The second kappa shape index (κ2) is 3.67. The van der Waals surface area contributed by atoms with Crippen molar-refractivity contribution in [1.82, 2.24) is 0 Å². The van der Waals surface area contributed by atoms with E-state index in [2.05, 4.69) is 45.9 Å². The van der Waals surface area contributed by atoms with Crippen LogP contribution in [0.4, 0.5) is 0 Å². The molecule has 2 unspecified atom stereocenters. The van der Waals surface area contributed by atoms with Crippen molar-refractivity contribution in [2.45, 2.75) is 33.8 Å². The summed E-state index contributed by atoms with van der Waals surface area (Å²) in [6.45, 7) is 8.46. The summed E-state index contributed by atoms with van der Waals surface area (Å²) >= 11 is 0. The highest BCUT2D eigenvalue weighted by Gasteiger charge is 2.33. The van der Waals surface area contributed by atoms with Crippen LogP contribution in [0.2, 0.25) is 0 Å². The third-order valence-electron chi connectivity index (χ3n) is 2.87. The number of hydrogen-bond acceptors (Lipinski definition) is 1. The zero-order valence-corrected chi connectivity index (χ0v) is 8.99. The summed E-state index contributed by atoms with van der Waals surface area (Å²) in [6, 6.07) is 0. The van der Waals surface area contributed by atoms with Crippen molar-refractivity contribution in [2.75, 3.05) is 0 Å². The second-order valence-electron chi connectivity index (χ2n) is 4.83. The number of rotatable bonds is 2. The van der Waals surface area contributed by atoms with Gasteiger partial charge >= 0.3 is 0 Å². The quantitative estimate of drug-likeness (QED) is 0.692. The Morgan fingerprint density at radius 2 is 1.85 bits per heavy atom. The Hall–Kier alpha value is -0.560. The van der Waals surface area contributed by atoms with E-state index in [1.807, 2.05) is 6.08 Å². The summed E-state index contributed by atoms with van der Waals surface area (Å²) in [4.78, 5) is 0. The summed E-state index contributed by atoms with van der Waals surface area (Å²) in [5.41, 5.74) is 0.0818. The van der Waals surface area contributed by atoms with Crippen molar-refractivity contribution < 1.29 is 5.11 Å². The van der Waals surface area contributed by atoms with Gasteiger partial charge in [0, 0.05) is 5.92 Å². The van der Waals surface area contributed by atoms with Gasteiger partial charge in [0.1, 0.15) is 0 Å². The van der Waals surface area contributed by atoms with Crippen LogP contribution in [-0.4, -0.2) is 11.2 Å². The van der Waals surface area contributed by atoms with Crippen molar-refractivity contribution in [1.29, 1.82) is 0 Å². The molecule has 0 heterocycles. The van der Waals surface area contributed by atoms with Crippen LogP contribution >= 0.6 is 0 Å². The van der Waals surface area contributed by atoms with Crippen LogP contribution in [0.25, 0.3) is 0 Å². The minimum absolute atomic E-state index is 0.0818. The van der Waals surface area contributed by atoms with E-state index in [9.17, 15) is 5.11 Å². The van der Waals surface area contributed by atoms with E-state index in [0.29, 0.717) is 5.92 Å². The predicted molar refractivity (Wildman–Crippen MR) is 56.4 cm³/mol. The number of hydrogen-bond donors (Lipinski definition) is 1. The van der Waals surface area contributed by atoms with Gasteiger partial charge in [0.25, 0.3) is 0 Å². The Morgan fingerprint density at radius 1 is 1.23 bits per heavy atom. The first-order chi connectivity index (χ1) is 5.95. The second-order valence-corrected chi connectivity index (χ2v) is 4.83. The number of aliphatic hydroxyl groups excluding tert-OH is 1. The van der Waals surface area contributed by atoms with E-state index in [0.717, 1.165) is 0 Å². The molecule has 0 aromatic carbocycles. The van der Waals surface area contributed by atoms with Gasteiger partial charge in [-0.25, -0.2) is 0 Å². The van der Waals surface area contributed by atoms with Crippen LogP contribution in [0.3, 0.4) is 0 Å². The topological polar surface area (TPSA) is 20.2 Å². The van der Waals surface area contributed by atoms with Crippen LogP contribution in [0, 0.1) is 17.3 Å². The van der Waals surface area contributed by atoms with Crippen LogP contribution in [0.5, 0.6) is 0 Å². The van der Waals surface area contributed by atoms with Crippen molar-refractivity contribution in [3.63, 3.8) is 0 Å². The smallest absolute Gasteiger partial charge is 0.0633 e. The SMILES string of the molecule is CC(C)C(O)C1C=CC=CC1(C)C. The number of allylic oxidation sites excluding steroid dienone is 3. The molecule has 2 atom stereocenters. The zero-order valence-electron chi connectivity index (χ0n) is 8.99. The fourth-order valence-electron chi connectivity index (χ4n) is 1.82. The molecule has 0 aromatic rings. The van der Waals surface area contributed by atoms with E-state index < -0.39 is 0 Å². The molecule has 0 aromatic heterocycles. The summed E-state index contributed by atoms with van der Waals surface area (Å²) in [7, 11) is 0. The first-order valence-corrected chi connectivity index (χ1v) is 4.99. The summed E-state index contributed by atoms with van der Waals surface area (Å²) in [6.07, 6.45) is 8.13. The van der Waals surface area contributed by atoms with E-state index >= 15 is 0 Å². The predicted octanol–water partition coefficient (Wildman–Crippen LogP) is 2.77. The first-order valence-electron chi connectivity index (χ1n) is 4.99. The summed E-state index contributed by atoms with van der Waals surface area (Å²) < 4.78 is 0. The molecule has 1 nitrogen and oxygen atoms in total. The van der Waals surface area contributed by atoms with Gasteiger partial charge in [0.2, 0.25) is 0 Å². The Kier molecular flexibility index (Phi) is 2.97. The van der Waals surface area contributed by atoms with Gasteiger partial charge in [0.15, 0.2) is 0 Å². The molecule has 0 amide bonds. The van der Waals surface area contributed by atoms with Crippen molar-refractivity contribution >= 4 is 0 Å². The molecule has 0 spiro atoms. The molecule has 1 rings (SSSR count). The normalized spacial score (nSPS) is 28.0. The Bertz CT molecular complexity index is 223. The van der Waals surface area contributed by atoms with Crippen molar-refractivity contribution in [2.24, 2.45) is 17.3 Å². The third kappa shape index (κ3) is 2.22. The molecule has 1 N–H and O–H groups in total. The molecule has 1 aliphatic carbocycles. The highest BCUT2D eigenvalue weighted by atomic mass is 16.3.